The number of benzene rings is 1. The highest BCUT2D eigenvalue weighted by Crippen LogP contribution is 2.34. The van der Waals surface area contributed by atoms with E-state index in [1.807, 2.05) is 30.6 Å². The SMILES string of the molecule is O=C(c1cc2c(n1C(F)F)CN(c1ncc(F)c(Nc3ccc(-c4cc[nH]c4)cc3)n1)CC2)N1CC(F)(F)C1. The third-order valence-corrected chi connectivity index (χ3v) is 6.86. The maximum atomic E-state index is 14.6. The lowest BCUT2D eigenvalue weighted by atomic mass is 10.1. The van der Waals surface area contributed by atoms with Crippen molar-refractivity contribution in [2.45, 2.75) is 25.4 Å². The van der Waals surface area contributed by atoms with Crippen molar-refractivity contribution in [2.24, 2.45) is 0 Å². The van der Waals surface area contributed by atoms with Gasteiger partial charge in [0, 0.05) is 30.3 Å². The van der Waals surface area contributed by atoms with Crippen molar-refractivity contribution >= 4 is 23.4 Å². The summed E-state index contributed by atoms with van der Waals surface area (Å²) in [6, 6.07) is 10.6. The molecular weight excluding hydrogens is 521 g/mol. The number of amides is 1. The molecule has 1 saturated heterocycles. The summed E-state index contributed by atoms with van der Waals surface area (Å²) in [5, 5.41) is 2.93. The molecule has 0 atom stereocenters. The monoisotopic (exact) mass is 543 g/mol. The summed E-state index contributed by atoms with van der Waals surface area (Å²) in [6.07, 6.45) is 4.96. The van der Waals surface area contributed by atoms with E-state index in [4.69, 9.17) is 0 Å². The van der Waals surface area contributed by atoms with Gasteiger partial charge in [-0.2, -0.15) is 13.8 Å². The molecule has 1 aromatic carbocycles. The molecule has 0 unspecified atom stereocenters. The first-order chi connectivity index (χ1) is 18.7. The zero-order valence-electron chi connectivity index (χ0n) is 20.3. The van der Waals surface area contributed by atoms with E-state index < -0.39 is 37.3 Å². The molecular formula is C26H22F5N7O. The molecule has 0 spiro atoms. The van der Waals surface area contributed by atoms with Gasteiger partial charge in [0.1, 0.15) is 5.69 Å². The Kier molecular flexibility index (Phi) is 6.00. The van der Waals surface area contributed by atoms with Crippen molar-refractivity contribution < 1.29 is 26.7 Å². The molecule has 1 fully saturated rings. The van der Waals surface area contributed by atoms with Crippen LogP contribution in [-0.4, -0.2) is 55.9 Å². The molecule has 3 aromatic heterocycles. The molecule has 0 radical (unpaired) electrons. The number of carbonyl (C=O) groups is 1. The molecule has 6 rings (SSSR count). The highest BCUT2D eigenvalue weighted by atomic mass is 19.3. The van der Waals surface area contributed by atoms with Crippen LogP contribution in [0.4, 0.5) is 39.4 Å². The Morgan fingerprint density at radius 3 is 2.54 bits per heavy atom. The number of nitrogens with zero attached hydrogens (tertiary/aromatic N) is 5. The van der Waals surface area contributed by atoms with Crippen molar-refractivity contribution in [2.75, 3.05) is 29.9 Å². The number of fused-ring (bicyclic) bond motifs is 1. The molecule has 4 aromatic rings. The molecule has 8 nitrogen and oxygen atoms in total. The summed E-state index contributed by atoms with van der Waals surface area (Å²) in [5.41, 5.74) is 2.91. The van der Waals surface area contributed by atoms with Crippen LogP contribution in [0, 0.1) is 5.82 Å². The van der Waals surface area contributed by atoms with Crippen LogP contribution in [0.5, 0.6) is 0 Å². The number of alkyl halides is 4. The van der Waals surface area contributed by atoms with Crippen molar-refractivity contribution in [1.29, 1.82) is 0 Å². The molecule has 0 bridgehead atoms. The standard InChI is InChI=1S/C26H22F5N7O/c27-19-11-33-25(35-22(19)34-18-3-1-15(2-4-18)17-5-7-32-10-17)36-8-6-16-9-20(38(24(28)29)21(16)12-36)23(39)37-13-26(30,31)14-37/h1-5,7,9-11,24,32H,6,8,12-14H2,(H,33,34,35). The Bertz CT molecular complexity index is 1510. The first-order valence-electron chi connectivity index (χ1n) is 12.1. The van der Waals surface area contributed by atoms with E-state index in [0.29, 0.717) is 22.4 Å². The summed E-state index contributed by atoms with van der Waals surface area (Å²) in [4.78, 5) is 26.5. The van der Waals surface area contributed by atoms with Crippen LogP contribution in [0.2, 0.25) is 0 Å². The summed E-state index contributed by atoms with van der Waals surface area (Å²) in [6.45, 7) is -4.41. The molecule has 13 heteroatoms. The van der Waals surface area contributed by atoms with Gasteiger partial charge in [0.2, 0.25) is 5.95 Å². The third-order valence-electron chi connectivity index (χ3n) is 6.86. The lowest BCUT2D eigenvalue weighted by Gasteiger charge is -2.38. The second-order valence-corrected chi connectivity index (χ2v) is 9.51. The first-order valence-corrected chi connectivity index (χ1v) is 12.1. The highest BCUT2D eigenvalue weighted by molar-refractivity contribution is 5.94. The molecule has 2 N–H and O–H groups in total. The van der Waals surface area contributed by atoms with Crippen LogP contribution >= 0.6 is 0 Å². The van der Waals surface area contributed by atoms with Crippen LogP contribution in [0.1, 0.15) is 28.3 Å². The zero-order valence-corrected chi connectivity index (χ0v) is 20.3. The van der Waals surface area contributed by atoms with Crippen molar-refractivity contribution in [3.05, 3.63) is 77.8 Å². The van der Waals surface area contributed by atoms with Gasteiger partial charge >= 0.3 is 6.55 Å². The van der Waals surface area contributed by atoms with Gasteiger partial charge in [-0.15, -0.1) is 0 Å². The fourth-order valence-electron chi connectivity index (χ4n) is 4.89. The Morgan fingerprint density at radius 1 is 1.10 bits per heavy atom. The maximum Gasteiger partial charge on any atom is 0.319 e. The largest absolute Gasteiger partial charge is 0.367 e. The number of rotatable bonds is 6. The van der Waals surface area contributed by atoms with E-state index in [2.05, 4.69) is 20.3 Å². The average molecular weight is 544 g/mol. The zero-order chi connectivity index (χ0) is 27.3. The number of H-pyrrole nitrogens is 1. The molecule has 2 aliphatic rings. The Balaban J connectivity index is 1.23. The van der Waals surface area contributed by atoms with Crippen LogP contribution in [0.15, 0.2) is 55.0 Å². The van der Waals surface area contributed by atoms with E-state index in [9.17, 15) is 26.7 Å². The molecule has 1 amide bonds. The topological polar surface area (TPSA) is 82.1 Å². The third kappa shape index (κ3) is 4.68. The van der Waals surface area contributed by atoms with Crippen molar-refractivity contribution in [3.63, 3.8) is 0 Å². The normalized spacial score (nSPS) is 16.3. The predicted molar refractivity (Wildman–Crippen MR) is 133 cm³/mol. The predicted octanol–water partition coefficient (Wildman–Crippen LogP) is 5.20. The summed E-state index contributed by atoms with van der Waals surface area (Å²) in [5.74, 6) is -4.54. The number of aromatic amines is 1. The van der Waals surface area contributed by atoms with Gasteiger partial charge in [-0.25, -0.2) is 18.2 Å². The summed E-state index contributed by atoms with van der Waals surface area (Å²) < 4.78 is 69.9. The van der Waals surface area contributed by atoms with Crippen LogP contribution in [-0.2, 0) is 13.0 Å². The van der Waals surface area contributed by atoms with Gasteiger partial charge in [-0.05, 0) is 47.4 Å². The smallest absolute Gasteiger partial charge is 0.319 e. The minimum Gasteiger partial charge on any atom is -0.367 e. The fraction of sp³-hybridized carbons (Fsp3) is 0.269. The number of hydrogen-bond donors (Lipinski definition) is 2. The number of carbonyl (C=O) groups excluding carboxylic acids is 1. The van der Waals surface area contributed by atoms with Gasteiger partial charge in [0.15, 0.2) is 11.6 Å². The minimum atomic E-state index is -3.06. The van der Waals surface area contributed by atoms with Gasteiger partial charge < -0.3 is 20.1 Å². The van der Waals surface area contributed by atoms with Crippen LogP contribution < -0.4 is 10.2 Å². The second-order valence-electron chi connectivity index (χ2n) is 9.51. The van der Waals surface area contributed by atoms with Gasteiger partial charge in [0.25, 0.3) is 11.8 Å². The van der Waals surface area contributed by atoms with Crippen molar-refractivity contribution in [1.82, 2.24) is 24.4 Å². The van der Waals surface area contributed by atoms with Gasteiger partial charge in [0.05, 0.1) is 25.8 Å². The molecule has 0 aliphatic carbocycles. The number of aromatic nitrogens is 4. The average Bonchev–Trinajstić information content (AvgIpc) is 3.56. The summed E-state index contributed by atoms with van der Waals surface area (Å²) >= 11 is 0. The lowest BCUT2D eigenvalue weighted by molar-refractivity contribution is -0.113. The molecule has 2 aliphatic heterocycles. The van der Waals surface area contributed by atoms with Crippen LogP contribution in [0.25, 0.3) is 11.1 Å². The number of hydrogen-bond acceptors (Lipinski definition) is 5. The first kappa shape index (κ1) is 24.9. The van der Waals surface area contributed by atoms with E-state index in [1.165, 1.54) is 6.07 Å². The number of halogens is 5. The quantitative estimate of drug-likeness (QED) is 0.327. The Labute approximate surface area is 219 Å². The minimum absolute atomic E-state index is 0.0699. The highest BCUT2D eigenvalue weighted by Gasteiger charge is 2.47. The number of likely N-dealkylation sites (tertiary alicyclic amines) is 1. The maximum absolute atomic E-state index is 14.6. The summed E-state index contributed by atoms with van der Waals surface area (Å²) in [7, 11) is 0. The van der Waals surface area contributed by atoms with E-state index >= 15 is 0 Å². The van der Waals surface area contributed by atoms with E-state index in [-0.39, 0.29) is 36.1 Å². The fourth-order valence-corrected chi connectivity index (χ4v) is 4.89. The molecule has 0 saturated carbocycles. The van der Waals surface area contributed by atoms with Gasteiger partial charge in [-0.3, -0.25) is 9.36 Å². The number of nitrogens with one attached hydrogen (secondary N) is 2. The van der Waals surface area contributed by atoms with Gasteiger partial charge in [-0.1, -0.05) is 12.1 Å². The lowest BCUT2D eigenvalue weighted by Crippen LogP contribution is -2.58. The Hall–Kier alpha value is -4.42. The Morgan fingerprint density at radius 2 is 1.87 bits per heavy atom. The van der Waals surface area contributed by atoms with E-state index in [0.717, 1.165) is 22.2 Å². The van der Waals surface area contributed by atoms with Crippen molar-refractivity contribution in [3.8, 4) is 11.1 Å². The molecule has 5 heterocycles. The number of anilines is 3. The second kappa shape index (κ2) is 9.40. The van der Waals surface area contributed by atoms with E-state index in [1.54, 1.807) is 17.0 Å². The van der Waals surface area contributed by atoms with Crippen LogP contribution in [0.3, 0.4) is 0 Å². The molecule has 39 heavy (non-hydrogen) atoms. The molecule has 202 valence electrons.